The van der Waals surface area contributed by atoms with Crippen molar-refractivity contribution in [2.45, 2.75) is 39.0 Å². The van der Waals surface area contributed by atoms with Crippen LogP contribution in [0.3, 0.4) is 0 Å². The van der Waals surface area contributed by atoms with E-state index in [0.717, 1.165) is 16.8 Å². The zero-order valence-corrected chi connectivity index (χ0v) is 12.8. The van der Waals surface area contributed by atoms with Crippen LogP contribution in [0.25, 0.3) is 0 Å². The van der Waals surface area contributed by atoms with E-state index >= 15 is 0 Å². The molecule has 0 amide bonds. The van der Waals surface area contributed by atoms with Gasteiger partial charge in [0.15, 0.2) is 6.61 Å². The molecule has 1 saturated carbocycles. The van der Waals surface area contributed by atoms with E-state index in [9.17, 15) is 0 Å². The molecule has 106 valence electrons. The van der Waals surface area contributed by atoms with Gasteiger partial charge in [0.05, 0.1) is 4.47 Å². The van der Waals surface area contributed by atoms with E-state index in [1.807, 2.05) is 6.07 Å². The standard InChI is InChI=1S/C14H16BrN3O2/c1-9-17-18-14(20-9)8-19-13-5-2-10(6-12(13)15)7-16-11-3-4-11/h2,5-6,11,16H,3-4,7-8H2,1H3. The Balaban J connectivity index is 1.58. The smallest absolute Gasteiger partial charge is 0.253 e. The van der Waals surface area contributed by atoms with Gasteiger partial charge in [-0.05, 0) is 46.5 Å². The zero-order valence-electron chi connectivity index (χ0n) is 11.2. The second kappa shape index (κ2) is 5.93. The van der Waals surface area contributed by atoms with E-state index in [-0.39, 0.29) is 6.61 Å². The predicted molar refractivity (Wildman–Crippen MR) is 77.4 cm³/mol. The van der Waals surface area contributed by atoms with Crippen LogP contribution in [0.15, 0.2) is 27.1 Å². The van der Waals surface area contributed by atoms with Gasteiger partial charge in [-0.15, -0.1) is 10.2 Å². The Kier molecular flexibility index (Phi) is 4.03. The molecule has 3 rings (SSSR count). The van der Waals surface area contributed by atoms with Crippen molar-refractivity contribution in [3.05, 3.63) is 40.0 Å². The summed E-state index contributed by atoms with van der Waals surface area (Å²) < 4.78 is 11.9. The van der Waals surface area contributed by atoms with Gasteiger partial charge in [-0.1, -0.05) is 6.07 Å². The lowest BCUT2D eigenvalue weighted by Crippen LogP contribution is -2.15. The lowest BCUT2D eigenvalue weighted by atomic mass is 10.2. The largest absolute Gasteiger partial charge is 0.483 e. The monoisotopic (exact) mass is 337 g/mol. The molecule has 0 spiro atoms. The van der Waals surface area contributed by atoms with Gasteiger partial charge in [-0.3, -0.25) is 0 Å². The average Bonchev–Trinajstić information content (AvgIpc) is 3.17. The molecule has 0 aliphatic heterocycles. The van der Waals surface area contributed by atoms with Crippen molar-refractivity contribution in [3.63, 3.8) is 0 Å². The van der Waals surface area contributed by atoms with Crippen molar-refractivity contribution in [1.82, 2.24) is 15.5 Å². The van der Waals surface area contributed by atoms with Crippen molar-refractivity contribution in [2.75, 3.05) is 0 Å². The number of nitrogens with zero attached hydrogens (tertiary/aromatic N) is 2. The minimum atomic E-state index is 0.277. The third-order valence-electron chi connectivity index (χ3n) is 3.09. The molecular formula is C14H16BrN3O2. The summed E-state index contributed by atoms with van der Waals surface area (Å²) in [6.45, 7) is 2.93. The van der Waals surface area contributed by atoms with E-state index in [2.05, 4.69) is 43.6 Å². The number of halogens is 1. The quantitative estimate of drug-likeness (QED) is 0.877. The van der Waals surface area contributed by atoms with Crippen LogP contribution in [0.1, 0.15) is 30.2 Å². The summed E-state index contributed by atoms with van der Waals surface area (Å²) in [6, 6.07) is 6.81. The Morgan fingerprint density at radius 1 is 1.40 bits per heavy atom. The lowest BCUT2D eigenvalue weighted by molar-refractivity contribution is 0.259. The van der Waals surface area contributed by atoms with Crippen LogP contribution in [0, 0.1) is 6.92 Å². The van der Waals surface area contributed by atoms with Gasteiger partial charge < -0.3 is 14.5 Å². The fourth-order valence-electron chi connectivity index (χ4n) is 1.86. The van der Waals surface area contributed by atoms with Crippen LogP contribution in [0.4, 0.5) is 0 Å². The van der Waals surface area contributed by atoms with Gasteiger partial charge in [0.2, 0.25) is 5.89 Å². The van der Waals surface area contributed by atoms with Crippen molar-refractivity contribution < 1.29 is 9.15 Å². The highest BCUT2D eigenvalue weighted by molar-refractivity contribution is 9.10. The maximum absolute atomic E-state index is 5.67. The number of hydrogen-bond acceptors (Lipinski definition) is 5. The SMILES string of the molecule is Cc1nnc(COc2ccc(CNC3CC3)cc2Br)o1. The molecule has 0 bridgehead atoms. The zero-order chi connectivity index (χ0) is 13.9. The molecule has 1 aliphatic carbocycles. The first-order chi connectivity index (χ1) is 9.70. The highest BCUT2D eigenvalue weighted by atomic mass is 79.9. The fraction of sp³-hybridized carbons (Fsp3) is 0.429. The third-order valence-corrected chi connectivity index (χ3v) is 3.71. The Labute approximate surface area is 125 Å². The Morgan fingerprint density at radius 3 is 2.90 bits per heavy atom. The summed E-state index contributed by atoms with van der Waals surface area (Å²) in [7, 11) is 0. The van der Waals surface area contributed by atoms with Gasteiger partial charge in [-0.25, -0.2) is 0 Å². The first-order valence-corrected chi connectivity index (χ1v) is 7.43. The molecular weight excluding hydrogens is 322 g/mol. The first-order valence-electron chi connectivity index (χ1n) is 6.64. The molecule has 6 heteroatoms. The molecule has 0 radical (unpaired) electrons. The van der Waals surface area contributed by atoms with Gasteiger partial charge in [-0.2, -0.15) is 0 Å². The van der Waals surface area contributed by atoms with Crippen LogP contribution >= 0.6 is 15.9 Å². The molecule has 1 aromatic carbocycles. The van der Waals surface area contributed by atoms with Crippen molar-refractivity contribution >= 4 is 15.9 Å². The summed E-state index contributed by atoms with van der Waals surface area (Å²) in [5.74, 6) is 1.80. The number of aromatic nitrogens is 2. The summed E-state index contributed by atoms with van der Waals surface area (Å²) in [5.41, 5.74) is 1.24. The predicted octanol–water partition coefficient (Wildman–Crippen LogP) is 2.97. The molecule has 0 saturated heterocycles. The molecule has 1 aromatic heterocycles. The normalized spacial score (nSPS) is 14.5. The average molecular weight is 338 g/mol. The molecule has 1 heterocycles. The minimum Gasteiger partial charge on any atom is -0.483 e. The lowest BCUT2D eigenvalue weighted by Gasteiger charge is -2.09. The topological polar surface area (TPSA) is 60.2 Å². The van der Waals surface area contributed by atoms with E-state index < -0.39 is 0 Å². The van der Waals surface area contributed by atoms with Gasteiger partial charge in [0.1, 0.15) is 5.75 Å². The molecule has 1 N–H and O–H groups in total. The Hall–Kier alpha value is -1.40. The van der Waals surface area contributed by atoms with E-state index in [1.165, 1.54) is 18.4 Å². The number of aryl methyl sites for hydroxylation is 1. The Morgan fingerprint density at radius 2 is 2.25 bits per heavy atom. The maximum atomic E-state index is 5.67. The third kappa shape index (κ3) is 3.58. The number of rotatable bonds is 6. The van der Waals surface area contributed by atoms with Crippen molar-refractivity contribution in [1.29, 1.82) is 0 Å². The summed E-state index contributed by atoms with van der Waals surface area (Å²) in [6.07, 6.45) is 2.60. The van der Waals surface area contributed by atoms with Crippen LogP contribution < -0.4 is 10.1 Å². The molecule has 0 atom stereocenters. The molecule has 0 unspecified atom stereocenters. The van der Waals surface area contributed by atoms with Gasteiger partial charge in [0, 0.05) is 19.5 Å². The minimum absolute atomic E-state index is 0.277. The van der Waals surface area contributed by atoms with E-state index in [4.69, 9.17) is 9.15 Å². The molecule has 1 fully saturated rings. The molecule has 5 nitrogen and oxygen atoms in total. The van der Waals surface area contributed by atoms with Crippen molar-refractivity contribution in [2.24, 2.45) is 0 Å². The van der Waals surface area contributed by atoms with E-state index in [0.29, 0.717) is 17.8 Å². The van der Waals surface area contributed by atoms with Gasteiger partial charge >= 0.3 is 0 Å². The maximum Gasteiger partial charge on any atom is 0.253 e. The number of ether oxygens (including phenoxy) is 1. The van der Waals surface area contributed by atoms with Crippen molar-refractivity contribution in [3.8, 4) is 5.75 Å². The summed E-state index contributed by atoms with van der Waals surface area (Å²) in [5, 5.41) is 11.1. The van der Waals surface area contributed by atoms with E-state index in [1.54, 1.807) is 6.92 Å². The highest BCUT2D eigenvalue weighted by Crippen LogP contribution is 2.27. The summed E-state index contributed by atoms with van der Waals surface area (Å²) in [4.78, 5) is 0. The number of hydrogen-bond donors (Lipinski definition) is 1. The number of nitrogens with one attached hydrogen (secondary N) is 1. The molecule has 20 heavy (non-hydrogen) atoms. The number of benzene rings is 1. The second-order valence-corrected chi connectivity index (χ2v) is 5.78. The van der Waals surface area contributed by atoms with Crippen LogP contribution in [-0.2, 0) is 13.2 Å². The Bertz CT molecular complexity index is 596. The summed E-state index contributed by atoms with van der Waals surface area (Å²) >= 11 is 3.53. The van der Waals surface area contributed by atoms with Crippen LogP contribution in [0.2, 0.25) is 0 Å². The highest BCUT2D eigenvalue weighted by Gasteiger charge is 2.20. The van der Waals surface area contributed by atoms with Crippen LogP contribution in [-0.4, -0.2) is 16.2 Å². The first kappa shape index (κ1) is 13.6. The van der Waals surface area contributed by atoms with Gasteiger partial charge in [0.25, 0.3) is 5.89 Å². The second-order valence-electron chi connectivity index (χ2n) is 4.92. The fourth-order valence-corrected chi connectivity index (χ4v) is 2.40. The van der Waals surface area contributed by atoms with Crippen LogP contribution in [0.5, 0.6) is 5.75 Å². The molecule has 2 aromatic rings. The molecule has 1 aliphatic rings.